The van der Waals surface area contributed by atoms with Crippen LogP contribution >= 0.6 is 12.4 Å². The quantitative estimate of drug-likeness (QED) is 0.818. The number of ether oxygens (including phenoxy) is 2. The lowest BCUT2D eigenvalue weighted by atomic mass is 10.2. The number of amides is 1. The highest BCUT2D eigenvalue weighted by molar-refractivity contribution is 5.85. The Morgan fingerprint density at radius 2 is 1.93 bits per heavy atom. The summed E-state index contributed by atoms with van der Waals surface area (Å²) in [7, 11) is 1.62. The van der Waals surface area contributed by atoms with Crippen LogP contribution in [0.1, 0.15) is 11.1 Å². The molecular weight excluding hydrogens is 371 g/mol. The topological polar surface area (TPSA) is 50.8 Å². The molecule has 0 spiro atoms. The second kappa shape index (κ2) is 10.3. The second-order valence-corrected chi connectivity index (χ2v) is 6.28. The SMILES string of the molecule is COc1ccc(CN2CC(OCc3ccccc3F)CNCC2=O)cc1.Cl. The zero-order chi connectivity index (χ0) is 18.4. The number of carbonyl (C=O) groups excluding carboxylic acids is 1. The number of halogens is 2. The van der Waals surface area contributed by atoms with Gasteiger partial charge in [0.25, 0.3) is 0 Å². The Kier molecular flexibility index (Phi) is 8.03. The summed E-state index contributed by atoms with van der Waals surface area (Å²) >= 11 is 0. The molecule has 0 bridgehead atoms. The molecule has 1 aliphatic heterocycles. The minimum atomic E-state index is -0.278. The van der Waals surface area contributed by atoms with Gasteiger partial charge in [0.05, 0.1) is 26.4 Å². The van der Waals surface area contributed by atoms with Gasteiger partial charge in [-0.05, 0) is 23.8 Å². The van der Waals surface area contributed by atoms with Crippen LogP contribution < -0.4 is 10.1 Å². The molecule has 2 aromatic rings. The van der Waals surface area contributed by atoms with Gasteiger partial charge in [0.2, 0.25) is 5.91 Å². The van der Waals surface area contributed by atoms with Crippen LogP contribution in [0.15, 0.2) is 48.5 Å². The minimum absolute atomic E-state index is 0. The normalized spacial score (nSPS) is 17.2. The molecule has 1 atom stereocenters. The third kappa shape index (κ3) is 5.92. The molecule has 5 nitrogen and oxygen atoms in total. The van der Waals surface area contributed by atoms with Crippen molar-refractivity contribution in [3.05, 3.63) is 65.5 Å². The molecule has 2 aromatic carbocycles. The average molecular weight is 395 g/mol. The van der Waals surface area contributed by atoms with Crippen LogP contribution in [0, 0.1) is 5.82 Å². The summed E-state index contributed by atoms with van der Waals surface area (Å²) < 4.78 is 24.8. The molecule has 146 valence electrons. The fourth-order valence-electron chi connectivity index (χ4n) is 2.90. The lowest BCUT2D eigenvalue weighted by Crippen LogP contribution is -2.37. The Morgan fingerprint density at radius 3 is 2.63 bits per heavy atom. The van der Waals surface area contributed by atoms with Crippen LogP contribution in [-0.4, -0.2) is 43.7 Å². The number of rotatable bonds is 6. The van der Waals surface area contributed by atoms with Crippen molar-refractivity contribution in [2.75, 3.05) is 26.7 Å². The summed E-state index contributed by atoms with van der Waals surface area (Å²) in [5.74, 6) is 0.529. The maximum absolute atomic E-state index is 13.7. The highest BCUT2D eigenvalue weighted by Crippen LogP contribution is 2.15. The van der Waals surface area contributed by atoms with Gasteiger partial charge in [0, 0.05) is 25.2 Å². The summed E-state index contributed by atoms with van der Waals surface area (Å²) in [6.45, 7) is 1.98. The molecule has 0 aliphatic carbocycles. The largest absolute Gasteiger partial charge is 0.497 e. The fourth-order valence-corrected chi connectivity index (χ4v) is 2.90. The molecule has 27 heavy (non-hydrogen) atoms. The van der Waals surface area contributed by atoms with Crippen molar-refractivity contribution in [1.82, 2.24) is 10.2 Å². The number of benzene rings is 2. The molecule has 3 rings (SSSR count). The summed E-state index contributed by atoms with van der Waals surface area (Å²) in [6.07, 6.45) is -0.195. The minimum Gasteiger partial charge on any atom is -0.497 e. The molecule has 0 saturated carbocycles. The molecule has 0 aromatic heterocycles. The third-order valence-electron chi connectivity index (χ3n) is 4.39. The molecule has 0 radical (unpaired) electrons. The van der Waals surface area contributed by atoms with Crippen molar-refractivity contribution < 1.29 is 18.7 Å². The smallest absolute Gasteiger partial charge is 0.236 e. The van der Waals surface area contributed by atoms with Crippen molar-refractivity contribution in [3.8, 4) is 5.75 Å². The second-order valence-electron chi connectivity index (χ2n) is 6.28. The number of hydrogen-bond acceptors (Lipinski definition) is 4. The molecular formula is C20H24ClFN2O3. The monoisotopic (exact) mass is 394 g/mol. The van der Waals surface area contributed by atoms with Gasteiger partial charge in [-0.2, -0.15) is 0 Å². The van der Waals surface area contributed by atoms with Crippen LogP contribution in [-0.2, 0) is 22.7 Å². The zero-order valence-corrected chi connectivity index (χ0v) is 16.0. The van der Waals surface area contributed by atoms with E-state index in [1.165, 1.54) is 6.07 Å². The first-order chi connectivity index (χ1) is 12.7. The zero-order valence-electron chi connectivity index (χ0n) is 15.2. The van der Waals surface area contributed by atoms with E-state index in [1.54, 1.807) is 30.2 Å². The standard InChI is InChI=1S/C20H23FN2O3.ClH/c1-25-17-8-6-15(7-9-17)12-23-13-18(10-22-11-20(23)24)26-14-16-4-2-3-5-19(16)21;/h2-9,18,22H,10-14H2,1H3;1H. The molecule has 1 heterocycles. The van der Waals surface area contributed by atoms with E-state index in [0.29, 0.717) is 25.2 Å². The number of nitrogens with one attached hydrogen (secondary N) is 1. The Labute approximate surface area is 164 Å². The predicted octanol–water partition coefficient (Wildman–Crippen LogP) is 2.77. The Bertz CT molecular complexity index is 742. The number of hydrogen-bond donors (Lipinski definition) is 1. The first kappa shape index (κ1) is 21.2. The molecule has 1 amide bonds. The van der Waals surface area contributed by atoms with Crippen LogP contribution in [0.2, 0.25) is 0 Å². The van der Waals surface area contributed by atoms with Gasteiger partial charge in [0.1, 0.15) is 11.6 Å². The molecule has 1 aliphatic rings. The van der Waals surface area contributed by atoms with E-state index in [4.69, 9.17) is 9.47 Å². The first-order valence-electron chi connectivity index (χ1n) is 8.62. The molecule has 7 heteroatoms. The lowest BCUT2D eigenvalue weighted by Gasteiger charge is -2.24. The highest BCUT2D eigenvalue weighted by atomic mass is 35.5. The van der Waals surface area contributed by atoms with E-state index >= 15 is 0 Å². The van der Waals surface area contributed by atoms with Crippen LogP contribution in [0.25, 0.3) is 0 Å². The van der Waals surface area contributed by atoms with E-state index in [-0.39, 0.29) is 43.4 Å². The van der Waals surface area contributed by atoms with Gasteiger partial charge in [-0.15, -0.1) is 12.4 Å². The molecule has 1 saturated heterocycles. The summed E-state index contributed by atoms with van der Waals surface area (Å²) in [5, 5.41) is 3.10. The third-order valence-corrected chi connectivity index (χ3v) is 4.39. The number of carbonyl (C=O) groups is 1. The maximum Gasteiger partial charge on any atom is 0.236 e. The van der Waals surface area contributed by atoms with Crippen molar-refractivity contribution in [3.63, 3.8) is 0 Å². The van der Waals surface area contributed by atoms with Crippen molar-refractivity contribution in [2.24, 2.45) is 0 Å². The van der Waals surface area contributed by atoms with Crippen molar-refractivity contribution >= 4 is 18.3 Å². The Hall–Kier alpha value is -2.15. The molecule has 1 unspecified atom stereocenters. The van der Waals surface area contributed by atoms with Crippen LogP contribution in [0.5, 0.6) is 5.75 Å². The van der Waals surface area contributed by atoms with Gasteiger partial charge in [0.15, 0.2) is 0 Å². The van der Waals surface area contributed by atoms with E-state index in [9.17, 15) is 9.18 Å². The van der Waals surface area contributed by atoms with Crippen LogP contribution in [0.4, 0.5) is 4.39 Å². The summed E-state index contributed by atoms with van der Waals surface area (Å²) in [5.41, 5.74) is 1.54. The van der Waals surface area contributed by atoms with E-state index in [0.717, 1.165) is 11.3 Å². The molecule has 1 N–H and O–H groups in total. The lowest BCUT2D eigenvalue weighted by molar-refractivity contribution is -0.131. The number of nitrogens with zero attached hydrogens (tertiary/aromatic N) is 1. The van der Waals surface area contributed by atoms with E-state index in [1.807, 2.05) is 24.3 Å². The first-order valence-corrected chi connectivity index (χ1v) is 8.62. The Morgan fingerprint density at radius 1 is 1.19 bits per heavy atom. The summed E-state index contributed by atoms with van der Waals surface area (Å²) in [6, 6.07) is 14.2. The predicted molar refractivity (Wildman–Crippen MR) is 104 cm³/mol. The van der Waals surface area contributed by atoms with Gasteiger partial charge in [-0.3, -0.25) is 4.79 Å². The van der Waals surface area contributed by atoms with Gasteiger partial charge >= 0.3 is 0 Å². The van der Waals surface area contributed by atoms with Crippen molar-refractivity contribution in [2.45, 2.75) is 19.3 Å². The molecule has 1 fully saturated rings. The van der Waals surface area contributed by atoms with Gasteiger partial charge in [-0.1, -0.05) is 30.3 Å². The summed E-state index contributed by atoms with van der Waals surface area (Å²) in [4.78, 5) is 14.1. The van der Waals surface area contributed by atoms with Crippen molar-refractivity contribution in [1.29, 1.82) is 0 Å². The Balaban J connectivity index is 0.00000261. The van der Waals surface area contributed by atoms with Gasteiger partial charge < -0.3 is 19.7 Å². The van der Waals surface area contributed by atoms with E-state index < -0.39 is 0 Å². The average Bonchev–Trinajstić information content (AvgIpc) is 2.83. The van der Waals surface area contributed by atoms with E-state index in [2.05, 4.69) is 5.32 Å². The maximum atomic E-state index is 13.7. The highest BCUT2D eigenvalue weighted by Gasteiger charge is 2.24. The van der Waals surface area contributed by atoms with Crippen LogP contribution in [0.3, 0.4) is 0 Å². The van der Waals surface area contributed by atoms with Gasteiger partial charge in [-0.25, -0.2) is 4.39 Å². The fraction of sp³-hybridized carbons (Fsp3) is 0.350. The number of methoxy groups -OCH3 is 1.